The van der Waals surface area contributed by atoms with Crippen LogP contribution in [0.25, 0.3) is 5.65 Å². The largest absolute Gasteiger partial charge is 0.363 e. The molecule has 3 heterocycles. The second kappa shape index (κ2) is 6.57. The van der Waals surface area contributed by atoms with Gasteiger partial charge in [-0.25, -0.2) is 22.7 Å². The van der Waals surface area contributed by atoms with Crippen molar-refractivity contribution in [3.05, 3.63) is 59.2 Å². The van der Waals surface area contributed by atoms with Crippen molar-refractivity contribution in [2.75, 3.05) is 5.32 Å². The highest BCUT2D eigenvalue weighted by Crippen LogP contribution is 2.25. The van der Waals surface area contributed by atoms with Crippen LogP contribution in [0.2, 0.25) is 0 Å². The summed E-state index contributed by atoms with van der Waals surface area (Å²) in [4.78, 5) is 20.8. The number of carbonyl (C=O) groups excluding carboxylic acids is 1. The standard InChI is InChI=1S/C19H17F3N6O/c1-9(11-6-10(20)7-13(21)15(11)22)24-14-4-5-28-17(25-14)12(8-23-28)16-26-18(29)19(2,3)27-16/h4-9H,1-3H3,(H,24,25)(H,26,27,29)/t9-/m1/s1. The van der Waals surface area contributed by atoms with E-state index in [0.717, 1.165) is 6.07 Å². The Bertz CT molecular complexity index is 1170. The predicted octanol–water partition coefficient (Wildman–Crippen LogP) is 2.97. The maximum Gasteiger partial charge on any atom is 0.252 e. The number of amidine groups is 1. The molecular formula is C19H17F3N6O. The molecule has 1 aliphatic heterocycles. The molecule has 29 heavy (non-hydrogen) atoms. The lowest BCUT2D eigenvalue weighted by Crippen LogP contribution is -2.34. The first-order valence-corrected chi connectivity index (χ1v) is 8.83. The number of carbonyl (C=O) groups is 1. The molecule has 0 unspecified atom stereocenters. The van der Waals surface area contributed by atoms with Crippen molar-refractivity contribution in [1.29, 1.82) is 0 Å². The molecule has 2 aromatic heterocycles. The third kappa shape index (κ3) is 3.30. The van der Waals surface area contributed by atoms with E-state index in [1.807, 2.05) is 0 Å². The second-order valence-electron chi connectivity index (χ2n) is 7.27. The molecule has 0 radical (unpaired) electrons. The third-order valence-corrected chi connectivity index (χ3v) is 4.66. The molecule has 1 atom stereocenters. The average Bonchev–Trinajstić information content (AvgIpc) is 3.18. The summed E-state index contributed by atoms with van der Waals surface area (Å²) in [5, 5.41) is 9.82. The monoisotopic (exact) mass is 402 g/mol. The van der Waals surface area contributed by atoms with Gasteiger partial charge in [0.2, 0.25) is 0 Å². The van der Waals surface area contributed by atoms with Gasteiger partial charge in [0, 0.05) is 17.8 Å². The van der Waals surface area contributed by atoms with E-state index >= 15 is 0 Å². The minimum absolute atomic E-state index is 0.160. The number of amides is 1. The number of aliphatic imine (C=N–C) groups is 1. The normalized spacial score (nSPS) is 16.6. The van der Waals surface area contributed by atoms with E-state index in [2.05, 4.69) is 25.7 Å². The van der Waals surface area contributed by atoms with Crippen molar-refractivity contribution in [3.63, 3.8) is 0 Å². The lowest BCUT2D eigenvalue weighted by atomic mass is 10.1. The van der Waals surface area contributed by atoms with Gasteiger partial charge in [-0.2, -0.15) is 5.10 Å². The summed E-state index contributed by atoms with van der Waals surface area (Å²) in [5.41, 5.74) is -0.132. The Hall–Kier alpha value is -3.43. The van der Waals surface area contributed by atoms with Crippen molar-refractivity contribution < 1.29 is 18.0 Å². The van der Waals surface area contributed by atoms with Gasteiger partial charge in [-0.15, -0.1) is 0 Å². The Morgan fingerprint density at radius 2 is 2.00 bits per heavy atom. The first kappa shape index (κ1) is 18.9. The number of benzene rings is 1. The maximum absolute atomic E-state index is 14.0. The van der Waals surface area contributed by atoms with E-state index in [9.17, 15) is 18.0 Å². The SMILES string of the molecule is C[C@@H](Nc1ccn2ncc(C3=NC(C)(C)C(=O)N3)c2n1)c1cc(F)cc(F)c1F. The fraction of sp³-hybridized carbons (Fsp3) is 0.263. The topological polar surface area (TPSA) is 83.7 Å². The van der Waals surface area contributed by atoms with Crippen molar-refractivity contribution in [2.45, 2.75) is 32.4 Å². The van der Waals surface area contributed by atoms with E-state index < -0.39 is 29.0 Å². The van der Waals surface area contributed by atoms with Gasteiger partial charge in [0.05, 0.1) is 17.8 Å². The summed E-state index contributed by atoms with van der Waals surface area (Å²) >= 11 is 0. The molecule has 4 rings (SSSR count). The molecule has 2 N–H and O–H groups in total. The van der Waals surface area contributed by atoms with Crippen LogP contribution < -0.4 is 10.6 Å². The number of nitrogens with zero attached hydrogens (tertiary/aromatic N) is 4. The van der Waals surface area contributed by atoms with Gasteiger partial charge in [0.25, 0.3) is 5.91 Å². The number of hydrogen-bond acceptors (Lipinski definition) is 5. The minimum atomic E-state index is -1.26. The van der Waals surface area contributed by atoms with Gasteiger partial charge in [-0.05, 0) is 32.9 Å². The van der Waals surface area contributed by atoms with E-state index in [0.29, 0.717) is 28.9 Å². The van der Waals surface area contributed by atoms with E-state index in [1.165, 1.54) is 10.7 Å². The quantitative estimate of drug-likeness (QED) is 0.658. The first-order chi connectivity index (χ1) is 13.7. The zero-order valence-corrected chi connectivity index (χ0v) is 15.8. The molecule has 0 aliphatic carbocycles. The number of aromatic nitrogens is 3. The molecule has 10 heteroatoms. The Labute approximate surface area is 163 Å². The molecule has 0 fully saturated rings. The van der Waals surface area contributed by atoms with Gasteiger partial charge in [-0.1, -0.05) is 0 Å². The molecule has 7 nitrogen and oxygen atoms in total. The molecule has 0 bridgehead atoms. The predicted molar refractivity (Wildman–Crippen MR) is 100 cm³/mol. The Kier molecular flexibility index (Phi) is 4.29. The molecule has 3 aromatic rings. The Morgan fingerprint density at radius 1 is 1.24 bits per heavy atom. The number of halogens is 3. The molecule has 1 aliphatic rings. The van der Waals surface area contributed by atoms with Gasteiger partial charge in [0.1, 0.15) is 23.0 Å². The summed E-state index contributed by atoms with van der Waals surface area (Å²) in [7, 11) is 0. The van der Waals surface area contributed by atoms with Crippen LogP contribution in [0.15, 0.2) is 35.6 Å². The van der Waals surface area contributed by atoms with Crippen LogP contribution in [0.5, 0.6) is 0 Å². The smallest absolute Gasteiger partial charge is 0.252 e. The third-order valence-electron chi connectivity index (χ3n) is 4.66. The van der Waals surface area contributed by atoms with Crippen molar-refractivity contribution in [3.8, 4) is 0 Å². The maximum atomic E-state index is 14.0. The van der Waals surface area contributed by atoms with Crippen LogP contribution >= 0.6 is 0 Å². The second-order valence-corrected chi connectivity index (χ2v) is 7.27. The van der Waals surface area contributed by atoms with Crippen LogP contribution in [0, 0.1) is 17.5 Å². The van der Waals surface area contributed by atoms with Crippen molar-refractivity contribution in [2.24, 2.45) is 4.99 Å². The number of nitrogens with one attached hydrogen (secondary N) is 2. The van der Waals surface area contributed by atoms with Crippen LogP contribution in [-0.4, -0.2) is 31.9 Å². The molecule has 0 spiro atoms. The Balaban J connectivity index is 1.67. The lowest BCUT2D eigenvalue weighted by Gasteiger charge is -2.16. The summed E-state index contributed by atoms with van der Waals surface area (Å²) in [5.74, 6) is -2.80. The lowest BCUT2D eigenvalue weighted by molar-refractivity contribution is -0.122. The Morgan fingerprint density at radius 3 is 2.69 bits per heavy atom. The molecule has 1 aromatic carbocycles. The van der Waals surface area contributed by atoms with E-state index in [1.54, 1.807) is 33.0 Å². The van der Waals surface area contributed by atoms with E-state index in [-0.39, 0.29) is 11.5 Å². The van der Waals surface area contributed by atoms with Gasteiger partial charge in [-0.3, -0.25) is 9.79 Å². The van der Waals surface area contributed by atoms with Gasteiger partial charge < -0.3 is 10.6 Å². The summed E-state index contributed by atoms with van der Waals surface area (Å²) in [6, 6.07) is 2.26. The fourth-order valence-electron chi connectivity index (χ4n) is 3.05. The first-order valence-electron chi connectivity index (χ1n) is 8.83. The molecule has 0 saturated carbocycles. The number of rotatable bonds is 4. The molecule has 1 amide bonds. The minimum Gasteiger partial charge on any atom is -0.363 e. The van der Waals surface area contributed by atoms with Gasteiger partial charge in [0.15, 0.2) is 17.3 Å². The number of fused-ring (bicyclic) bond motifs is 1. The summed E-state index contributed by atoms with van der Waals surface area (Å²) in [6.07, 6.45) is 3.14. The highest BCUT2D eigenvalue weighted by Gasteiger charge is 2.35. The van der Waals surface area contributed by atoms with Crippen LogP contribution in [0.1, 0.15) is 37.9 Å². The van der Waals surface area contributed by atoms with Crippen LogP contribution in [0.4, 0.5) is 19.0 Å². The number of hydrogen-bond donors (Lipinski definition) is 2. The summed E-state index contributed by atoms with van der Waals surface area (Å²) in [6.45, 7) is 4.94. The van der Waals surface area contributed by atoms with Crippen LogP contribution in [-0.2, 0) is 4.79 Å². The molecular weight excluding hydrogens is 385 g/mol. The van der Waals surface area contributed by atoms with Gasteiger partial charge >= 0.3 is 0 Å². The van der Waals surface area contributed by atoms with Crippen molar-refractivity contribution in [1.82, 2.24) is 19.9 Å². The highest BCUT2D eigenvalue weighted by atomic mass is 19.2. The van der Waals surface area contributed by atoms with E-state index in [4.69, 9.17) is 0 Å². The average molecular weight is 402 g/mol. The zero-order chi connectivity index (χ0) is 20.9. The van der Waals surface area contributed by atoms with Crippen LogP contribution in [0.3, 0.4) is 0 Å². The number of anilines is 1. The van der Waals surface area contributed by atoms with Crippen molar-refractivity contribution >= 4 is 23.2 Å². The summed E-state index contributed by atoms with van der Waals surface area (Å²) < 4.78 is 42.5. The fourth-order valence-corrected chi connectivity index (χ4v) is 3.05. The zero-order valence-electron chi connectivity index (χ0n) is 15.8. The molecule has 0 saturated heterocycles. The molecule has 150 valence electrons. The highest BCUT2D eigenvalue weighted by molar-refractivity contribution is 6.17.